The van der Waals surface area contributed by atoms with E-state index in [1.165, 1.54) is 16.8 Å². The van der Waals surface area contributed by atoms with Crippen molar-refractivity contribution < 1.29 is 8.42 Å². The zero-order valence-electron chi connectivity index (χ0n) is 11.3. The van der Waals surface area contributed by atoms with E-state index in [0.29, 0.717) is 16.4 Å². The van der Waals surface area contributed by atoms with Crippen LogP contribution in [0.4, 0.5) is 11.4 Å². The van der Waals surface area contributed by atoms with Gasteiger partial charge in [-0.3, -0.25) is 9.40 Å². The molecular weight excluding hydrogens is 300 g/mol. The van der Waals surface area contributed by atoms with Crippen LogP contribution in [-0.2, 0) is 17.1 Å². The molecule has 1 aromatic carbocycles. The summed E-state index contributed by atoms with van der Waals surface area (Å²) in [6.07, 6.45) is 0. The van der Waals surface area contributed by atoms with Gasteiger partial charge >= 0.3 is 0 Å². The molecule has 1 heterocycles. The molecule has 0 radical (unpaired) electrons. The SMILES string of the molecule is Cc1nn(C)c(C)c1S(=O)(=O)Nc1ccc(Cl)cc1N. The van der Waals surface area contributed by atoms with Crippen molar-refractivity contribution in [1.29, 1.82) is 0 Å². The van der Waals surface area contributed by atoms with Crippen LogP contribution in [0.15, 0.2) is 23.1 Å². The summed E-state index contributed by atoms with van der Waals surface area (Å²) in [5, 5.41) is 4.54. The molecule has 20 heavy (non-hydrogen) atoms. The van der Waals surface area contributed by atoms with Gasteiger partial charge in [0, 0.05) is 12.1 Å². The molecule has 0 saturated heterocycles. The molecule has 0 saturated carbocycles. The normalized spacial score (nSPS) is 11.6. The van der Waals surface area contributed by atoms with Crippen LogP contribution in [0.25, 0.3) is 0 Å². The Labute approximate surface area is 122 Å². The van der Waals surface area contributed by atoms with Gasteiger partial charge in [-0.15, -0.1) is 0 Å². The van der Waals surface area contributed by atoms with E-state index in [0.717, 1.165) is 0 Å². The van der Waals surface area contributed by atoms with E-state index >= 15 is 0 Å². The molecule has 0 spiro atoms. The van der Waals surface area contributed by atoms with Crippen LogP contribution < -0.4 is 10.5 Å². The van der Waals surface area contributed by atoms with Crippen LogP contribution in [0.5, 0.6) is 0 Å². The summed E-state index contributed by atoms with van der Waals surface area (Å²) in [5.41, 5.74) is 7.30. The van der Waals surface area contributed by atoms with Gasteiger partial charge in [-0.1, -0.05) is 11.6 Å². The van der Waals surface area contributed by atoms with Crippen molar-refractivity contribution >= 4 is 33.0 Å². The number of halogens is 1. The number of rotatable bonds is 3. The first kappa shape index (κ1) is 14.7. The first-order chi connectivity index (χ1) is 9.22. The Morgan fingerprint density at radius 1 is 1.35 bits per heavy atom. The molecule has 1 aromatic heterocycles. The zero-order chi connectivity index (χ0) is 15.1. The highest BCUT2D eigenvalue weighted by atomic mass is 35.5. The molecule has 0 bridgehead atoms. The highest BCUT2D eigenvalue weighted by Gasteiger charge is 2.24. The number of nitrogens with two attached hydrogens (primary N) is 1. The number of aryl methyl sites for hydroxylation is 2. The third kappa shape index (κ3) is 2.59. The summed E-state index contributed by atoms with van der Waals surface area (Å²) in [5.74, 6) is 0. The molecule has 0 aliphatic rings. The Bertz CT molecular complexity index is 768. The van der Waals surface area contributed by atoms with E-state index in [2.05, 4.69) is 9.82 Å². The minimum Gasteiger partial charge on any atom is -0.397 e. The third-order valence-electron chi connectivity index (χ3n) is 2.97. The van der Waals surface area contributed by atoms with Gasteiger partial charge in [-0.2, -0.15) is 5.10 Å². The van der Waals surface area contributed by atoms with Crippen LogP contribution in [0.3, 0.4) is 0 Å². The predicted molar refractivity (Wildman–Crippen MR) is 79.4 cm³/mol. The van der Waals surface area contributed by atoms with Gasteiger partial charge in [0.15, 0.2) is 0 Å². The molecule has 0 aliphatic heterocycles. The maximum atomic E-state index is 12.4. The van der Waals surface area contributed by atoms with Crippen LogP contribution in [-0.4, -0.2) is 18.2 Å². The summed E-state index contributed by atoms with van der Waals surface area (Å²) in [4.78, 5) is 0.161. The molecule has 2 aromatic rings. The van der Waals surface area contributed by atoms with E-state index in [-0.39, 0.29) is 16.3 Å². The zero-order valence-corrected chi connectivity index (χ0v) is 12.9. The number of nitrogens with one attached hydrogen (secondary N) is 1. The monoisotopic (exact) mass is 314 g/mol. The quantitative estimate of drug-likeness (QED) is 0.849. The lowest BCUT2D eigenvalue weighted by molar-refractivity contribution is 0.599. The summed E-state index contributed by atoms with van der Waals surface area (Å²) >= 11 is 5.79. The molecule has 0 atom stereocenters. The minimum atomic E-state index is -3.75. The Kier molecular flexibility index (Phi) is 3.66. The largest absolute Gasteiger partial charge is 0.397 e. The van der Waals surface area contributed by atoms with Crippen LogP contribution in [0.1, 0.15) is 11.4 Å². The second kappa shape index (κ2) is 4.99. The van der Waals surface area contributed by atoms with Gasteiger partial charge in [0.25, 0.3) is 10.0 Å². The predicted octanol–water partition coefficient (Wildman–Crippen LogP) is 2.07. The second-order valence-corrected chi connectivity index (χ2v) is 6.52. The van der Waals surface area contributed by atoms with Gasteiger partial charge in [-0.05, 0) is 32.0 Å². The maximum absolute atomic E-state index is 12.4. The lowest BCUT2D eigenvalue weighted by Crippen LogP contribution is -2.15. The summed E-state index contributed by atoms with van der Waals surface area (Å²) < 4.78 is 28.9. The van der Waals surface area contributed by atoms with Gasteiger partial charge in [-0.25, -0.2) is 8.42 Å². The van der Waals surface area contributed by atoms with Crippen molar-refractivity contribution in [2.45, 2.75) is 18.7 Å². The summed E-state index contributed by atoms with van der Waals surface area (Å²) in [7, 11) is -2.05. The summed E-state index contributed by atoms with van der Waals surface area (Å²) in [6.45, 7) is 3.34. The fraction of sp³-hybridized carbons (Fsp3) is 0.250. The smallest absolute Gasteiger partial charge is 0.265 e. The maximum Gasteiger partial charge on any atom is 0.265 e. The van der Waals surface area contributed by atoms with Gasteiger partial charge in [0.1, 0.15) is 4.90 Å². The van der Waals surface area contributed by atoms with Gasteiger partial charge < -0.3 is 5.73 Å². The van der Waals surface area contributed by atoms with Crippen LogP contribution >= 0.6 is 11.6 Å². The van der Waals surface area contributed by atoms with E-state index in [1.807, 2.05) is 0 Å². The highest BCUT2D eigenvalue weighted by Crippen LogP contribution is 2.27. The topological polar surface area (TPSA) is 90.0 Å². The fourth-order valence-electron chi connectivity index (χ4n) is 1.97. The molecule has 3 N–H and O–H groups in total. The number of hydrogen-bond donors (Lipinski definition) is 2. The lowest BCUT2D eigenvalue weighted by Gasteiger charge is -2.10. The Morgan fingerprint density at radius 3 is 2.50 bits per heavy atom. The van der Waals surface area contributed by atoms with Crippen LogP contribution in [0.2, 0.25) is 5.02 Å². The molecule has 2 rings (SSSR count). The van der Waals surface area contributed by atoms with E-state index in [4.69, 9.17) is 17.3 Å². The number of anilines is 2. The first-order valence-electron chi connectivity index (χ1n) is 5.80. The van der Waals surface area contributed by atoms with Crippen molar-refractivity contribution in [3.05, 3.63) is 34.6 Å². The molecule has 0 unspecified atom stereocenters. The van der Waals surface area contributed by atoms with E-state index < -0.39 is 10.0 Å². The number of benzene rings is 1. The number of aromatic nitrogens is 2. The van der Waals surface area contributed by atoms with Crippen molar-refractivity contribution in [3.63, 3.8) is 0 Å². The Morgan fingerprint density at radius 2 is 2.00 bits per heavy atom. The van der Waals surface area contributed by atoms with Crippen molar-refractivity contribution in [3.8, 4) is 0 Å². The van der Waals surface area contributed by atoms with Crippen LogP contribution in [0, 0.1) is 13.8 Å². The molecule has 6 nitrogen and oxygen atoms in total. The van der Waals surface area contributed by atoms with Crippen molar-refractivity contribution in [2.24, 2.45) is 7.05 Å². The molecule has 0 aliphatic carbocycles. The standard InChI is InChI=1S/C12H15ClN4O2S/c1-7-12(8(2)17(3)15-7)20(18,19)16-11-5-4-9(13)6-10(11)14/h4-6,16H,14H2,1-3H3. The average Bonchev–Trinajstić information content (AvgIpc) is 2.57. The number of hydrogen-bond acceptors (Lipinski definition) is 4. The Hall–Kier alpha value is -1.73. The molecule has 0 fully saturated rings. The molecule has 8 heteroatoms. The molecular formula is C12H15ClN4O2S. The van der Waals surface area contributed by atoms with Crippen molar-refractivity contribution in [2.75, 3.05) is 10.5 Å². The summed E-state index contributed by atoms with van der Waals surface area (Å²) in [6, 6.07) is 4.58. The second-order valence-electron chi connectivity index (χ2n) is 4.46. The third-order valence-corrected chi connectivity index (χ3v) is 4.82. The minimum absolute atomic E-state index is 0.161. The van der Waals surface area contributed by atoms with E-state index in [1.54, 1.807) is 27.0 Å². The molecule has 108 valence electrons. The number of nitrogen functional groups attached to an aromatic ring is 1. The fourth-order valence-corrected chi connectivity index (χ4v) is 3.67. The lowest BCUT2D eigenvalue weighted by atomic mass is 10.3. The van der Waals surface area contributed by atoms with Gasteiger partial charge in [0.2, 0.25) is 0 Å². The number of nitrogens with zero attached hydrogens (tertiary/aromatic N) is 2. The first-order valence-corrected chi connectivity index (χ1v) is 7.66. The molecule has 0 amide bonds. The average molecular weight is 315 g/mol. The van der Waals surface area contributed by atoms with E-state index in [9.17, 15) is 8.42 Å². The van der Waals surface area contributed by atoms with Crippen molar-refractivity contribution in [1.82, 2.24) is 9.78 Å². The highest BCUT2D eigenvalue weighted by molar-refractivity contribution is 7.92. The number of sulfonamides is 1. The van der Waals surface area contributed by atoms with Gasteiger partial charge in [0.05, 0.1) is 22.8 Å². The Balaban J connectivity index is 2.46.